The van der Waals surface area contributed by atoms with Crippen molar-refractivity contribution in [3.63, 3.8) is 0 Å². The Kier molecular flexibility index (Phi) is 7.24. The first-order chi connectivity index (χ1) is 11.1. The number of aliphatic hydroxyl groups is 1. The second-order valence-electron chi connectivity index (χ2n) is 6.31. The summed E-state index contributed by atoms with van der Waals surface area (Å²) in [7, 11) is 0. The van der Waals surface area contributed by atoms with Crippen LogP contribution in [-0.4, -0.2) is 41.3 Å². The van der Waals surface area contributed by atoms with E-state index >= 15 is 0 Å². The van der Waals surface area contributed by atoms with Crippen molar-refractivity contribution in [2.24, 2.45) is 4.99 Å². The molecule has 0 saturated carbocycles. The summed E-state index contributed by atoms with van der Waals surface area (Å²) >= 11 is 1.82. The molecule has 1 unspecified atom stereocenters. The van der Waals surface area contributed by atoms with Gasteiger partial charge in [0.05, 0.1) is 12.1 Å². The molecule has 1 saturated heterocycles. The summed E-state index contributed by atoms with van der Waals surface area (Å²) in [5.74, 6) is 2.64. The third kappa shape index (κ3) is 6.43. The molecule has 1 heterocycles. The predicted octanol–water partition coefficient (Wildman–Crippen LogP) is 2.70. The lowest BCUT2D eigenvalue weighted by Crippen LogP contribution is -2.47. The van der Waals surface area contributed by atoms with Crippen LogP contribution >= 0.6 is 11.8 Å². The molecule has 1 fully saturated rings. The van der Waals surface area contributed by atoms with Crippen LogP contribution in [0.4, 0.5) is 0 Å². The van der Waals surface area contributed by atoms with Gasteiger partial charge in [-0.1, -0.05) is 43.2 Å². The molecule has 5 heteroatoms. The van der Waals surface area contributed by atoms with Crippen molar-refractivity contribution in [2.75, 3.05) is 24.6 Å². The first-order valence-corrected chi connectivity index (χ1v) is 9.65. The van der Waals surface area contributed by atoms with E-state index in [2.05, 4.69) is 53.7 Å². The summed E-state index contributed by atoms with van der Waals surface area (Å²) in [5, 5.41) is 17.1. The summed E-state index contributed by atoms with van der Waals surface area (Å²) in [4.78, 5) is 4.66. The van der Waals surface area contributed by atoms with E-state index in [1.165, 1.54) is 11.1 Å². The molecule has 0 aromatic heterocycles. The second-order valence-corrected chi connectivity index (χ2v) is 7.42. The Balaban J connectivity index is 1.91. The van der Waals surface area contributed by atoms with Crippen LogP contribution in [0.3, 0.4) is 0 Å². The lowest BCUT2D eigenvalue weighted by Gasteiger charge is -2.23. The van der Waals surface area contributed by atoms with Crippen LogP contribution in [-0.2, 0) is 6.54 Å². The maximum Gasteiger partial charge on any atom is 0.191 e. The number of rotatable bonds is 7. The highest BCUT2D eigenvalue weighted by Gasteiger charge is 2.31. The Morgan fingerprint density at radius 1 is 1.30 bits per heavy atom. The van der Waals surface area contributed by atoms with Gasteiger partial charge >= 0.3 is 0 Å². The molecule has 4 nitrogen and oxygen atoms in total. The molecule has 1 atom stereocenters. The topological polar surface area (TPSA) is 56.7 Å². The monoisotopic (exact) mass is 335 g/mol. The Hall–Kier alpha value is -1.20. The molecule has 3 N–H and O–H groups in total. The fourth-order valence-corrected chi connectivity index (χ4v) is 3.70. The van der Waals surface area contributed by atoms with Gasteiger partial charge in [-0.2, -0.15) is 11.8 Å². The van der Waals surface area contributed by atoms with E-state index in [0.29, 0.717) is 13.1 Å². The number of nitrogens with one attached hydrogen (secondary N) is 2. The van der Waals surface area contributed by atoms with E-state index in [4.69, 9.17) is 0 Å². The Morgan fingerprint density at radius 2 is 2.09 bits per heavy atom. The van der Waals surface area contributed by atoms with Crippen LogP contribution in [0.1, 0.15) is 37.3 Å². The SMILES string of the molecule is CCCCNC(=NCc1ccc(C)cc1)NCC1(O)CCSC1. The third-order valence-corrected chi connectivity index (χ3v) is 5.26. The molecule has 1 aromatic carbocycles. The summed E-state index contributed by atoms with van der Waals surface area (Å²) in [6.45, 7) is 6.38. The van der Waals surface area contributed by atoms with E-state index < -0.39 is 5.60 Å². The number of thioether (sulfide) groups is 1. The predicted molar refractivity (Wildman–Crippen MR) is 100 cm³/mol. The van der Waals surface area contributed by atoms with Crippen molar-refractivity contribution < 1.29 is 5.11 Å². The molecular weight excluding hydrogens is 306 g/mol. The van der Waals surface area contributed by atoms with Gasteiger partial charge in [0.1, 0.15) is 0 Å². The fraction of sp³-hybridized carbons (Fsp3) is 0.611. The van der Waals surface area contributed by atoms with Crippen LogP contribution in [0, 0.1) is 6.92 Å². The van der Waals surface area contributed by atoms with Crippen LogP contribution in [0.2, 0.25) is 0 Å². The quantitative estimate of drug-likeness (QED) is 0.407. The molecule has 128 valence electrons. The van der Waals surface area contributed by atoms with Gasteiger partial charge in [-0.25, -0.2) is 4.99 Å². The van der Waals surface area contributed by atoms with Crippen molar-refractivity contribution in [3.8, 4) is 0 Å². The van der Waals surface area contributed by atoms with Crippen molar-refractivity contribution >= 4 is 17.7 Å². The fourth-order valence-electron chi connectivity index (χ4n) is 2.41. The van der Waals surface area contributed by atoms with Crippen LogP contribution in [0.25, 0.3) is 0 Å². The number of guanidine groups is 1. The number of hydrogen-bond acceptors (Lipinski definition) is 3. The highest BCUT2D eigenvalue weighted by Crippen LogP contribution is 2.26. The van der Waals surface area contributed by atoms with E-state index in [1.807, 2.05) is 11.8 Å². The Bertz CT molecular complexity index is 495. The van der Waals surface area contributed by atoms with Crippen molar-refractivity contribution in [1.29, 1.82) is 0 Å². The summed E-state index contributed by atoms with van der Waals surface area (Å²) in [6.07, 6.45) is 3.12. The smallest absolute Gasteiger partial charge is 0.191 e. The van der Waals surface area contributed by atoms with Gasteiger partial charge in [0.2, 0.25) is 0 Å². The minimum atomic E-state index is -0.596. The van der Waals surface area contributed by atoms with E-state index in [0.717, 1.165) is 43.3 Å². The van der Waals surface area contributed by atoms with E-state index in [1.54, 1.807) is 0 Å². The number of benzene rings is 1. The maximum atomic E-state index is 10.5. The van der Waals surface area contributed by atoms with Crippen LogP contribution < -0.4 is 10.6 Å². The molecule has 23 heavy (non-hydrogen) atoms. The Morgan fingerprint density at radius 3 is 2.74 bits per heavy atom. The van der Waals surface area contributed by atoms with Gasteiger partial charge < -0.3 is 15.7 Å². The molecular formula is C18H29N3OS. The summed E-state index contributed by atoms with van der Waals surface area (Å²) < 4.78 is 0. The third-order valence-electron chi connectivity index (χ3n) is 4.03. The van der Waals surface area contributed by atoms with Crippen molar-refractivity contribution in [3.05, 3.63) is 35.4 Å². The van der Waals surface area contributed by atoms with Crippen molar-refractivity contribution in [2.45, 2.75) is 45.3 Å². The largest absolute Gasteiger partial charge is 0.387 e. The van der Waals surface area contributed by atoms with Crippen molar-refractivity contribution in [1.82, 2.24) is 10.6 Å². The number of aliphatic imine (C=N–C) groups is 1. The molecule has 0 amide bonds. The molecule has 0 radical (unpaired) electrons. The standard InChI is InChI=1S/C18H29N3OS/c1-3-4-10-19-17(21-13-18(22)9-11-23-14-18)20-12-16-7-5-15(2)6-8-16/h5-8,22H,3-4,9-14H2,1-2H3,(H2,19,20,21). The average molecular weight is 336 g/mol. The number of aryl methyl sites for hydroxylation is 1. The molecule has 0 bridgehead atoms. The first kappa shape index (κ1) is 18.1. The zero-order chi connectivity index (χ0) is 16.5. The normalized spacial score (nSPS) is 21.4. The van der Waals surface area contributed by atoms with Gasteiger partial charge in [-0.05, 0) is 31.1 Å². The van der Waals surface area contributed by atoms with E-state index in [-0.39, 0.29) is 0 Å². The zero-order valence-corrected chi connectivity index (χ0v) is 15.1. The first-order valence-electron chi connectivity index (χ1n) is 8.49. The zero-order valence-electron chi connectivity index (χ0n) is 14.3. The average Bonchev–Trinajstić information content (AvgIpc) is 2.98. The van der Waals surface area contributed by atoms with E-state index in [9.17, 15) is 5.11 Å². The number of nitrogens with zero attached hydrogens (tertiary/aromatic N) is 1. The lowest BCUT2D eigenvalue weighted by molar-refractivity contribution is 0.0724. The molecule has 1 aromatic rings. The number of hydrogen-bond donors (Lipinski definition) is 3. The summed E-state index contributed by atoms with van der Waals surface area (Å²) in [5.41, 5.74) is 1.86. The minimum Gasteiger partial charge on any atom is -0.387 e. The van der Waals surface area contributed by atoms with Crippen LogP contribution in [0.15, 0.2) is 29.3 Å². The highest BCUT2D eigenvalue weighted by molar-refractivity contribution is 7.99. The van der Waals surface area contributed by atoms with Crippen LogP contribution in [0.5, 0.6) is 0 Å². The number of unbranched alkanes of at least 4 members (excludes halogenated alkanes) is 1. The molecule has 0 spiro atoms. The molecule has 1 aliphatic rings. The van der Waals surface area contributed by atoms with Gasteiger partial charge in [0, 0.05) is 18.8 Å². The summed E-state index contributed by atoms with van der Waals surface area (Å²) in [6, 6.07) is 8.45. The highest BCUT2D eigenvalue weighted by atomic mass is 32.2. The molecule has 0 aliphatic carbocycles. The molecule has 2 rings (SSSR count). The van der Waals surface area contributed by atoms with Gasteiger partial charge in [0.25, 0.3) is 0 Å². The maximum absolute atomic E-state index is 10.5. The van der Waals surface area contributed by atoms with Gasteiger partial charge in [0.15, 0.2) is 5.96 Å². The van der Waals surface area contributed by atoms with Gasteiger partial charge in [-0.3, -0.25) is 0 Å². The lowest BCUT2D eigenvalue weighted by atomic mass is 10.0. The Labute approximate surface area is 144 Å². The second kappa shape index (κ2) is 9.18. The molecule has 1 aliphatic heterocycles. The van der Waals surface area contributed by atoms with Gasteiger partial charge in [-0.15, -0.1) is 0 Å². The minimum absolute atomic E-state index is 0.561.